The Morgan fingerprint density at radius 3 is 2.38 bits per heavy atom. The van der Waals surface area contributed by atoms with Crippen LogP contribution in [0.5, 0.6) is 5.75 Å². The maximum absolute atomic E-state index is 13.0. The summed E-state index contributed by atoms with van der Waals surface area (Å²) in [6.07, 6.45) is 1.13. The molecule has 222 valence electrons. The van der Waals surface area contributed by atoms with Gasteiger partial charge in [0, 0.05) is 29.6 Å². The number of carbonyl (C=O) groups is 3. The number of nitro benzene ring substituents is 1. The smallest absolute Gasteiger partial charge is 0.349 e. The highest BCUT2D eigenvalue weighted by atomic mass is 35.5. The second-order valence-electron chi connectivity index (χ2n) is 10.0. The number of carboxylic acid groups (broad SMARTS) is 2. The molecule has 1 fully saturated rings. The minimum atomic E-state index is -1.12. The van der Waals surface area contributed by atoms with Crippen LogP contribution >= 0.6 is 11.6 Å². The fourth-order valence-corrected chi connectivity index (χ4v) is 5.35. The average molecular weight is 602 g/mol. The summed E-state index contributed by atoms with van der Waals surface area (Å²) in [6.45, 7) is 0.828. The molecule has 0 radical (unpaired) electrons. The molecule has 1 atom stereocenters. The summed E-state index contributed by atoms with van der Waals surface area (Å²) in [5.74, 6) is -2.76. The van der Waals surface area contributed by atoms with E-state index in [4.69, 9.17) is 31.0 Å². The fourth-order valence-electron chi connectivity index (χ4n) is 5.13. The first-order valence-electron chi connectivity index (χ1n) is 13.1. The number of nitro groups is 1. The number of benzene rings is 2. The third kappa shape index (κ3) is 7.22. The van der Waals surface area contributed by atoms with Crippen molar-refractivity contribution in [3.8, 4) is 5.75 Å². The molecule has 3 N–H and O–H groups in total. The number of hydrogen-bond acceptors (Lipinski definition) is 9. The van der Waals surface area contributed by atoms with E-state index in [2.05, 4.69) is 5.32 Å². The number of nitrogens with one attached hydrogen (secondary N) is 1. The topological polar surface area (TPSA) is 190 Å². The van der Waals surface area contributed by atoms with Crippen LogP contribution < -0.4 is 15.7 Å². The Labute approximate surface area is 243 Å². The first kappa shape index (κ1) is 30.5. The average Bonchev–Trinajstić information content (AvgIpc) is 2.93. The summed E-state index contributed by atoms with van der Waals surface area (Å²) < 4.78 is 11.3. The zero-order valence-corrected chi connectivity index (χ0v) is 23.2. The molecule has 2 aromatic carbocycles. The SMILES string of the molecule is CC(Oc1cc2oc(=O)c(C(=O)NC3CCC(N(CC(=O)O)CC(=O)O)CC3)cc2cc1Cl)c1ccccc1[N+](=O)[O-]. The predicted molar refractivity (Wildman–Crippen MR) is 150 cm³/mol. The van der Waals surface area contributed by atoms with Gasteiger partial charge in [-0.15, -0.1) is 0 Å². The minimum Gasteiger partial charge on any atom is -0.484 e. The van der Waals surface area contributed by atoms with E-state index in [0.717, 1.165) is 0 Å². The van der Waals surface area contributed by atoms with E-state index in [9.17, 15) is 29.3 Å². The van der Waals surface area contributed by atoms with Crippen molar-refractivity contribution in [3.63, 3.8) is 0 Å². The van der Waals surface area contributed by atoms with E-state index in [1.165, 1.54) is 29.2 Å². The first-order valence-corrected chi connectivity index (χ1v) is 13.5. The van der Waals surface area contributed by atoms with Gasteiger partial charge in [0.25, 0.3) is 11.6 Å². The number of para-hydroxylation sites is 1. The molecule has 0 aliphatic heterocycles. The molecule has 1 aliphatic carbocycles. The highest BCUT2D eigenvalue weighted by Crippen LogP contribution is 2.35. The number of halogens is 1. The standard InChI is InChI=1S/C28H28ClN3O10/c1-15(19-4-2-3-5-22(19)32(39)40)41-24-12-23-16(11-21(24)29)10-20(28(38)42-23)27(37)30-17-6-8-18(9-7-17)31(13-25(33)34)14-26(35)36/h2-5,10-12,15,17-18H,6-9,13-14H2,1H3,(H,30,37)(H,33,34)(H,35,36). The number of fused-ring (bicyclic) bond motifs is 1. The summed E-state index contributed by atoms with van der Waals surface area (Å²) in [6, 6.07) is 9.76. The lowest BCUT2D eigenvalue weighted by molar-refractivity contribution is -0.386. The highest BCUT2D eigenvalue weighted by molar-refractivity contribution is 6.32. The summed E-state index contributed by atoms with van der Waals surface area (Å²) in [4.78, 5) is 60.2. The number of carboxylic acids is 2. The summed E-state index contributed by atoms with van der Waals surface area (Å²) in [5, 5.41) is 32.9. The van der Waals surface area contributed by atoms with Gasteiger partial charge in [-0.2, -0.15) is 0 Å². The van der Waals surface area contributed by atoms with Crippen LogP contribution in [0.2, 0.25) is 5.02 Å². The molecular weight excluding hydrogens is 574 g/mol. The molecule has 1 aliphatic rings. The van der Waals surface area contributed by atoms with E-state index >= 15 is 0 Å². The Morgan fingerprint density at radius 2 is 1.76 bits per heavy atom. The van der Waals surface area contributed by atoms with Crippen molar-refractivity contribution in [1.29, 1.82) is 0 Å². The molecule has 1 amide bonds. The molecule has 42 heavy (non-hydrogen) atoms. The first-order chi connectivity index (χ1) is 19.9. The number of carbonyl (C=O) groups excluding carboxylic acids is 1. The van der Waals surface area contributed by atoms with Crippen LogP contribution in [0, 0.1) is 10.1 Å². The van der Waals surface area contributed by atoms with E-state index in [-0.39, 0.29) is 39.7 Å². The van der Waals surface area contributed by atoms with Crippen molar-refractivity contribution in [2.75, 3.05) is 13.1 Å². The molecule has 1 unspecified atom stereocenters. The number of nitrogens with zero attached hydrogens (tertiary/aromatic N) is 2. The lowest BCUT2D eigenvalue weighted by Crippen LogP contribution is -2.47. The van der Waals surface area contributed by atoms with Gasteiger partial charge in [-0.1, -0.05) is 23.7 Å². The Bertz CT molecular complexity index is 1570. The van der Waals surface area contributed by atoms with Gasteiger partial charge in [0.2, 0.25) is 0 Å². The van der Waals surface area contributed by atoms with Crippen LogP contribution in [0.15, 0.2) is 51.7 Å². The zero-order valence-electron chi connectivity index (χ0n) is 22.4. The lowest BCUT2D eigenvalue weighted by atomic mass is 9.90. The Balaban J connectivity index is 1.45. The van der Waals surface area contributed by atoms with Crippen molar-refractivity contribution in [1.82, 2.24) is 10.2 Å². The van der Waals surface area contributed by atoms with Crippen molar-refractivity contribution >= 4 is 46.1 Å². The van der Waals surface area contributed by atoms with Crippen LogP contribution in [0.3, 0.4) is 0 Å². The van der Waals surface area contributed by atoms with Crippen molar-refractivity contribution in [2.45, 2.75) is 50.8 Å². The van der Waals surface area contributed by atoms with Crippen LogP contribution in [-0.4, -0.2) is 63.1 Å². The summed E-state index contributed by atoms with van der Waals surface area (Å²) in [7, 11) is 0. The molecule has 1 saturated carbocycles. The quantitative estimate of drug-likeness (QED) is 0.163. The van der Waals surface area contributed by atoms with Gasteiger partial charge in [-0.3, -0.25) is 29.4 Å². The van der Waals surface area contributed by atoms with Gasteiger partial charge >= 0.3 is 17.6 Å². The van der Waals surface area contributed by atoms with Gasteiger partial charge in [-0.05, 0) is 50.8 Å². The maximum Gasteiger partial charge on any atom is 0.349 e. The molecule has 1 heterocycles. The number of ether oxygens (including phenoxy) is 1. The maximum atomic E-state index is 13.0. The monoisotopic (exact) mass is 601 g/mol. The zero-order chi connectivity index (χ0) is 30.6. The summed E-state index contributed by atoms with van der Waals surface area (Å²) >= 11 is 6.41. The number of amides is 1. The largest absolute Gasteiger partial charge is 0.484 e. The van der Waals surface area contributed by atoms with E-state index in [1.807, 2.05) is 0 Å². The van der Waals surface area contributed by atoms with Gasteiger partial charge < -0.3 is 24.7 Å². The van der Waals surface area contributed by atoms with Gasteiger partial charge in [-0.25, -0.2) is 4.79 Å². The molecule has 0 bridgehead atoms. The van der Waals surface area contributed by atoms with Crippen molar-refractivity contribution in [2.24, 2.45) is 0 Å². The second kappa shape index (κ2) is 13.0. The molecule has 1 aromatic heterocycles. The third-order valence-electron chi connectivity index (χ3n) is 7.13. The summed E-state index contributed by atoms with van der Waals surface area (Å²) in [5.41, 5.74) is -0.805. The molecule has 13 nitrogen and oxygen atoms in total. The number of aliphatic carboxylic acids is 2. The minimum absolute atomic E-state index is 0.100. The molecule has 0 spiro atoms. The van der Waals surface area contributed by atoms with Gasteiger partial charge in [0.15, 0.2) is 0 Å². The van der Waals surface area contributed by atoms with E-state index in [0.29, 0.717) is 36.6 Å². The van der Waals surface area contributed by atoms with Gasteiger partial charge in [0.05, 0.1) is 28.6 Å². The molecule has 14 heteroatoms. The number of hydrogen-bond donors (Lipinski definition) is 3. The lowest BCUT2D eigenvalue weighted by Gasteiger charge is -2.35. The Hall–Kier alpha value is -4.49. The normalized spacial score (nSPS) is 17.5. The van der Waals surface area contributed by atoms with E-state index < -0.39 is 47.6 Å². The molecule has 4 rings (SSSR count). The molecule has 3 aromatic rings. The Kier molecular flexibility index (Phi) is 9.43. The van der Waals surface area contributed by atoms with Crippen molar-refractivity contribution < 1.29 is 38.7 Å². The van der Waals surface area contributed by atoms with Crippen LogP contribution in [0.4, 0.5) is 5.69 Å². The van der Waals surface area contributed by atoms with Gasteiger partial charge in [0.1, 0.15) is 23.0 Å². The van der Waals surface area contributed by atoms with Crippen LogP contribution in [0.1, 0.15) is 54.6 Å². The number of rotatable bonds is 11. The Morgan fingerprint density at radius 1 is 1.12 bits per heavy atom. The van der Waals surface area contributed by atoms with Crippen molar-refractivity contribution in [3.05, 3.63) is 79.1 Å². The second-order valence-corrected chi connectivity index (χ2v) is 10.4. The van der Waals surface area contributed by atoms with E-state index in [1.54, 1.807) is 25.1 Å². The highest BCUT2D eigenvalue weighted by Gasteiger charge is 2.30. The van der Waals surface area contributed by atoms with Crippen LogP contribution in [-0.2, 0) is 9.59 Å². The molecular formula is C28H28ClN3O10. The predicted octanol–water partition coefficient (Wildman–Crippen LogP) is 4.01. The van der Waals surface area contributed by atoms with Crippen LogP contribution in [0.25, 0.3) is 11.0 Å². The fraction of sp³-hybridized carbons (Fsp3) is 0.357. The molecule has 0 saturated heterocycles. The third-order valence-corrected chi connectivity index (χ3v) is 7.43.